The molecule has 1 saturated heterocycles. The fourth-order valence-corrected chi connectivity index (χ4v) is 6.79. The highest BCUT2D eigenvalue weighted by atomic mass is 16.7. The molecule has 7 rings (SSSR count). The molecule has 3 aliphatic heterocycles. The summed E-state index contributed by atoms with van der Waals surface area (Å²) in [6.45, 7) is 3.84. The Morgan fingerprint density at radius 3 is 1.27 bits per heavy atom. The van der Waals surface area contributed by atoms with Crippen molar-refractivity contribution in [2.75, 3.05) is 0 Å². The van der Waals surface area contributed by atoms with Crippen molar-refractivity contribution >= 4 is 23.2 Å². The maximum Gasteiger partial charge on any atom is 0.269 e. The Bertz CT molecular complexity index is 1610. The summed E-state index contributed by atoms with van der Waals surface area (Å²) in [5.41, 5.74) is 4.05. The van der Waals surface area contributed by atoms with Gasteiger partial charge in [-0.05, 0) is 36.1 Å². The van der Waals surface area contributed by atoms with Crippen molar-refractivity contribution in [3.8, 4) is 0 Å². The van der Waals surface area contributed by atoms with E-state index in [4.69, 9.17) is 9.68 Å². The van der Waals surface area contributed by atoms with E-state index in [0.29, 0.717) is 12.8 Å². The van der Waals surface area contributed by atoms with Crippen molar-refractivity contribution in [1.82, 2.24) is 9.80 Å². The van der Waals surface area contributed by atoms with Crippen LogP contribution in [0, 0.1) is 0 Å². The fourth-order valence-electron chi connectivity index (χ4n) is 6.79. The molecule has 0 aromatic heterocycles. The number of nitrogens with zero attached hydrogens (tertiary/aromatic N) is 4. The standard InChI is InChI=1S/C37H34N4O4/c1-37(2)40(35(42)31-23-29(38-44-31)25-15-7-3-8-16-25)33(27-19-11-5-12-20-27)34(28-21-13-6-14-22-28)41(37)36(43)32-24-30(39-45-32)26-17-9-4-10-18-26/h3-22,31-34H,23-24H2,1-2H3. The second kappa shape index (κ2) is 11.7. The molecular weight excluding hydrogens is 564 g/mol. The summed E-state index contributed by atoms with van der Waals surface area (Å²) in [6, 6.07) is 38.2. The van der Waals surface area contributed by atoms with E-state index in [2.05, 4.69) is 10.3 Å². The van der Waals surface area contributed by atoms with Gasteiger partial charge < -0.3 is 19.5 Å². The van der Waals surface area contributed by atoms with Crippen LogP contribution in [0.25, 0.3) is 0 Å². The third-order valence-electron chi connectivity index (χ3n) is 8.89. The quantitative estimate of drug-likeness (QED) is 0.262. The van der Waals surface area contributed by atoms with Crippen LogP contribution in [-0.4, -0.2) is 50.9 Å². The van der Waals surface area contributed by atoms with Gasteiger partial charge in [-0.2, -0.15) is 0 Å². The number of carbonyl (C=O) groups is 2. The topological polar surface area (TPSA) is 83.8 Å². The lowest BCUT2D eigenvalue weighted by molar-refractivity contribution is -0.158. The monoisotopic (exact) mass is 598 g/mol. The Morgan fingerprint density at radius 1 is 0.578 bits per heavy atom. The van der Waals surface area contributed by atoms with Gasteiger partial charge in [0.1, 0.15) is 5.66 Å². The van der Waals surface area contributed by atoms with E-state index in [-0.39, 0.29) is 11.8 Å². The van der Waals surface area contributed by atoms with Crippen molar-refractivity contribution in [2.45, 2.75) is 56.6 Å². The Labute approximate surface area is 262 Å². The Morgan fingerprint density at radius 2 is 0.911 bits per heavy atom. The zero-order valence-electron chi connectivity index (χ0n) is 25.2. The molecule has 8 heteroatoms. The van der Waals surface area contributed by atoms with E-state index in [1.54, 1.807) is 0 Å². The van der Waals surface area contributed by atoms with Gasteiger partial charge in [-0.25, -0.2) is 0 Å². The van der Waals surface area contributed by atoms with E-state index in [0.717, 1.165) is 33.7 Å². The van der Waals surface area contributed by atoms with Crippen LogP contribution in [0.1, 0.15) is 61.0 Å². The number of carbonyl (C=O) groups excluding carboxylic acids is 2. The van der Waals surface area contributed by atoms with Gasteiger partial charge in [-0.1, -0.05) is 132 Å². The molecule has 0 spiro atoms. The first-order valence-electron chi connectivity index (χ1n) is 15.3. The average Bonchev–Trinajstić information content (AvgIpc) is 3.83. The second-order valence-electron chi connectivity index (χ2n) is 12.0. The van der Waals surface area contributed by atoms with Crippen LogP contribution in [0.2, 0.25) is 0 Å². The zero-order chi connectivity index (χ0) is 31.0. The van der Waals surface area contributed by atoms with Gasteiger partial charge in [-0.3, -0.25) is 9.59 Å². The van der Waals surface area contributed by atoms with Crippen LogP contribution in [0.5, 0.6) is 0 Å². The summed E-state index contributed by atoms with van der Waals surface area (Å²) < 4.78 is 0. The third-order valence-corrected chi connectivity index (χ3v) is 8.89. The number of rotatable bonds is 6. The summed E-state index contributed by atoms with van der Waals surface area (Å²) in [5.74, 6) is -0.457. The van der Waals surface area contributed by atoms with Crippen molar-refractivity contribution in [1.29, 1.82) is 0 Å². The van der Waals surface area contributed by atoms with E-state index >= 15 is 0 Å². The van der Waals surface area contributed by atoms with Crippen molar-refractivity contribution in [3.05, 3.63) is 144 Å². The van der Waals surface area contributed by atoms with Gasteiger partial charge in [0.25, 0.3) is 11.8 Å². The van der Waals surface area contributed by atoms with Gasteiger partial charge in [0.05, 0.1) is 23.5 Å². The predicted molar refractivity (Wildman–Crippen MR) is 171 cm³/mol. The number of hydrogen-bond acceptors (Lipinski definition) is 6. The molecule has 0 radical (unpaired) electrons. The first-order valence-corrected chi connectivity index (χ1v) is 15.3. The van der Waals surface area contributed by atoms with E-state index in [9.17, 15) is 9.59 Å². The summed E-state index contributed by atoms with van der Waals surface area (Å²) in [7, 11) is 0. The summed E-state index contributed by atoms with van der Waals surface area (Å²) in [5, 5.41) is 8.62. The third kappa shape index (κ3) is 5.16. The van der Waals surface area contributed by atoms with E-state index < -0.39 is 30.0 Å². The molecule has 4 atom stereocenters. The maximum atomic E-state index is 14.7. The summed E-state index contributed by atoms with van der Waals surface area (Å²) in [6.07, 6.45) is -0.984. The number of amides is 2. The Kier molecular flexibility index (Phi) is 7.41. The SMILES string of the molecule is CC1(C)N(C(=O)C2CC(c3ccccc3)=NO2)C(c2ccccc2)C(c2ccccc2)N1C(=O)C1CC(c2ccccc2)=NO1. The number of hydrogen-bond donors (Lipinski definition) is 0. The molecule has 0 bridgehead atoms. The van der Waals surface area contributed by atoms with Gasteiger partial charge in [0.2, 0.25) is 12.2 Å². The van der Waals surface area contributed by atoms with Crippen LogP contribution in [0.15, 0.2) is 132 Å². The molecule has 4 aromatic carbocycles. The van der Waals surface area contributed by atoms with Crippen LogP contribution >= 0.6 is 0 Å². The molecular formula is C37H34N4O4. The van der Waals surface area contributed by atoms with Gasteiger partial charge in [-0.15, -0.1) is 0 Å². The van der Waals surface area contributed by atoms with Crippen molar-refractivity contribution in [3.63, 3.8) is 0 Å². The summed E-state index contributed by atoms with van der Waals surface area (Å²) >= 11 is 0. The van der Waals surface area contributed by atoms with Gasteiger partial charge in [0.15, 0.2) is 0 Å². The average molecular weight is 599 g/mol. The van der Waals surface area contributed by atoms with Crippen molar-refractivity contribution in [2.24, 2.45) is 10.3 Å². The summed E-state index contributed by atoms with van der Waals surface area (Å²) in [4.78, 5) is 44.6. The molecule has 8 nitrogen and oxygen atoms in total. The molecule has 226 valence electrons. The minimum absolute atomic E-state index is 0.228. The van der Waals surface area contributed by atoms with Crippen LogP contribution in [0.3, 0.4) is 0 Å². The molecule has 0 N–H and O–H groups in total. The first-order chi connectivity index (χ1) is 21.9. The van der Waals surface area contributed by atoms with E-state index in [1.807, 2.05) is 145 Å². The first kappa shape index (κ1) is 28.5. The predicted octanol–water partition coefficient (Wildman–Crippen LogP) is 6.26. The largest absolute Gasteiger partial charge is 0.382 e. The molecule has 0 aliphatic carbocycles. The zero-order valence-corrected chi connectivity index (χ0v) is 25.2. The minimum Gasteiger partial charge on any atom is -0.382 e. The Balaban J connectivity index is 1.27. The highest BCUT2D eigenvalue weighted by Gasteiger charge is 2.59. The number of benzene rings is 4. The highest BCUT2D eigenvalue weighted by Crippen LogP contribution is 2.52. The van der Waals surface area contributed by atoms with Gasteiger partial charge >= 0.3 is 0 Å². The second-order valence-corrected chi connectivity index (χ2v) is 12.0. The molecule has 4 aromatic rings. The Hall–Kier alpha value is -5.24. The fraction of sp³-hybridized carbons (Fsp3) is 0.243. The maximum absolute atomic E-state index is 14.7. The lowest BCUT2D eigenvalue weighted by atomic mass is 9.92. The molecule has 2 amide bonds. The molecule has 3 aliphatic rings. The van der Waals surface area contributed by atoms with Crippen molar-refractivity contribution < 1.29 is 19.3 Å². The van der Waals surface area contributed by atoms with Crippen LogP contribution in [0.4, 0.5) is 0 Å². The lowest BCUT2D eigenvalue weighted by Gasteiger charge is -2.40. The molecule has 0 saturated carbocycles. The van der Waals surface area contributed by atoms with E-state index in [1.165, 1.54) is 0 Å². The smallest absolute Gasteiger partial charge is 0.269 e. The van der Waals surface area contributed by atoms with Crippen LogP contribution < -0.4 is 0 Å². The molecule has 3 heterocycles. The normalized spacial score (nSPS) is 23.6. The van der Waals surface area contributed by atoms with Crippen LogP contribution in [-0.2, 0) is 19.3 Å². The molecule has 1 fully saturated rings. The molecule has 4 unspecified atom stereocenters. The van der Waals surface area contributed by atoms with Gasteiger partial charge in [0, 0.05) is 12.8 Å². The molecule has 45 heavy (non-hydrogen) atoms. The number of oxime groups is 2. The highest BCUT2D eigenvalue weighted by molar-refractivity contribution is 6.05. The lowest BCUT2D eigenvalue weighted by Crippen LogP contribution is -2.57. The minimum atomic E-state index is -1.06.